The Balaban J connectivity index is 2.40. The van der Waals surface area contributed by atoms with Crippen LogP contribution >= 0.6 is 0 Å². The van der Waals surface area contributed by atoms with Crippen molar-refractivity contribution in [2.75, 3.05) is 37.5 Å². The smallest absolute Gasteiger partial charge is 0.0945 e. The van der Waals surface area contributed by atoms with E-state index >= 15 is 0 Å². The predicted octanol–water partition coefficient (Wildman–Crippen LogP) is 1.95. The van der Waals surface area contributed by atoms with Crippen molar-refractivity contribution < 1.29 is 9.84 Å². The Bertz CT molecular complexity index is 353. The molecule has 0 bridgehead atoms. The maximum absolute atomic E-state index is 9.74. The molecular weight excluding hydrogens is 228 g/mol. The van der Waals surface area contributed by atoms with Gasteiger partial charge in [-0.25, -0.2) is 0 Å². The van der Waals surface area contributed by atoms with Gasteiger partial charge >= 0.3 is 0 Å². The molecule has 0 fully saturated rings. The fourth-order valence-electron chi connectivity index (χ4n) is 1.49. The fourth-order valence-corrected chi connectivity index (χ4v) is 1.49. The summed E-state index contributed by atoms with van der Waals surface area (Å²) in [5.41, 5.74) is 2.14. The molecule has 0 aromatic heterocycles. The lowest BCUT2D eigenvalue weighted by Crippen LogP contribution is -2.26. The minimum Gasteiger partial charge on any atom is -0.389 e. The number of nitrogens with zero attached hydrogens (tertiary/aromatic N) is 1. The van der Waals surface area contributed by atoms with E-state index in [1.165, 1.54) is 0 Å². The van der Waals surface area contributed by atoms with Gasteiger partial charge in [0.05, 0.1) is 18.8 Å². The molecule has 0 saturated carbocycles. The first kappa shape index (κ1) is 14.8. The standard InChI is InChI=1S/C14H24N2O2/c1-11(2)18-10-14(17)9-15-12-6-5-7-13(8-12)16(3)4/h5-8,11,14-15,17H,9-10H2,1-4H3. The zero-order valence-electron chi connectivity index (χ0n) is 11.7. The third-order valence-electron chi connectivity index (χ3n) is 2.53. The Labute approximate surface area is 110 Å². The number of rotatable bonds is 7. The fraction of sp³-hybridized carbons (Fsp3) is 0.571. The number of hydrogen-bond donors (Lipinski definition) is 2. The molecule has 1 aromatic carbocycles. The predicted molar refractivity (Wildman–Crippen MR) is 76.4 cm³/mol. The molecule has 4 nitrogen and oxygen atoms in total. The van der Waals surface area contributed by atoms with Gasteiger partial charge in [-0.3, -0.25) is 0 Å². The molecule has 1 unspecified atom stereocenters. The minimum absolute atomic E-state index is 0.150. The number of aliphatic hydroxyl groups excluding tert-OH is 1. The summed E-state index contributed by atoms with van der Waals surface area (Å²) >= 11 is 0. The molecular formula is C14H24N2O2. The van der Waals surface area contributed by atoms with E-state index in [2.05, 4.69) is 11.4 Å². The van der Waals surface area contributed by atoms with Gasteiger partial charge in [-0.2, -0.15) is 0 Å². The van der Waals surface area contributed by atoms with Crippen molar-refractivity contribution in [3.05, 3.63) is 24.3 Å². The lowest BCUT2D eigenvalue weighted by atomic mass is 10.2. The van der Waals surface area contributed by atoms with Crippen molar-refractivity contribution in [2.24, 2.45) is 0 Å². The first-order chi connectivity index (χ1) is 8.49. The van der Waals surface area contributed by atoms with Crippen LogP contribution in [0.5, 0.6) is 0 Å². The Hall–Kier alpha value is -1.26. The summed E-state index contributed by atoms with van der Waals surface area (Å²) in [6.45, 7) is 4.77. The highest BCUT2D eigenvalue weighted by Gasteiger charge is 2.06. The number of hydrogen-bond acceptors (Lipinski definition) is 4. The highest BCUT2D eigenvalue weighted by Crippen LogP contribution is 2.17. The van der Waals surface area contributed by atoms with Crippen molar-refractivity contribution in [3.8, 4) is 0 Å². The van der Waals surface area contributed by atoms with Crippen molar-refractivity contribution in [2.45, 2.75) is 26.1 Å². The van der Waals surface area contributed by atoms with Gasteiger partial charge in [0, 0.05) is 32.0 Å². The second kappa shape index (κ2) is 7.24. The largest absolute Gasteiger partial charge is 0.389 e. The molecule has 18 heavy (non-hydrogen) atoms. The summed E-state index contributed by atoms with van der Waals surface area (Å²) in [5.74, 6) is 0. The Morgan fingerprint density at radius 1 is 1.33 bits per heavy atom. The summed E-state index contributed by atoms with van der Waals surface area (Å²) in [7, 11) is 4.01. The molecule has 102 valence electrons. The van der Waals surface area contributed by atoms with Gasteiger partial charge in [-0.1, -0.05) is 6.07 Å². The second-order valence-electron chi connectivity index (χ2n) is 4.86. The summed E-state index contributed by atoms with van der Waals surface area (Å²) in [6.07, 6.45) is -0.341. The maximum Gasteiger partial charge on any atom is 0.0945 e. The molecule has 1 aromatic rings. The van der Waals surface area contributed by atoms with E-state index < -0.39 is 6.10 Å². The average Bonchev–Trinajstić information content (AvgIpc) is 2.34. The third kappa shape index (κ3) is 5.38. The van der Waals surface area contributed by atoms with Gasteiger partial charge in [0.15, 0.2) is 0 Å². The number of aliphatic hydroxyl groups is 1. The van der Waals surface area contributed by atoms with Crippen molar-refractivity contribution in [3.63, 3.8) is 0 Å². The van der Waals surface area contributed by atoms with Crippen molar-refractivity contribution >= 4 is 11.4 Å². The van der Waals surface area contributed by atoms with Crippen LogP contribution in [0.25, 0.3) is 0 Å². The van der Waals surface area contributed by atoms with E-state index in [-0.39, 0.29) is 6.10 Å². The van der Waals surface area contributed by atoms with Gasteiger partial charge in [-0.05, 0) is 32.0 Å². The monoisotopic (exact) mass is 252 g/mol. The highest BCUT2D eigenvalue weighted by molar-refractivity contribution is 5.57. The maximum atomic E-state index is 9.74. The van der Waals surface area contributed by atoms with E-state index in [0.29, 0.717) is 13.2 Å². The molecule has 0 aliphatic carbocycles. The number of benzene rings is 1. The summed E-state index contributed by atoms with van der Waals surface area (Å²) in [6, 6.07) is 8.08. The molecule has 0 radical (unpaired) electrons. The number of ether oxygens (including phenoxy) is 1. The molecule has 0 spiro atoms. The van der Waals surface area contributed by atoms with Crippen LogP contribution in [0.3, 0.4) is 0 Å². The zero-order valence-corrected chi connectivity index (χ0v) is 11.7. The normalized spacial score (nSPS) is 12.6. The van der Waals surface area contributed by atoms with Crippen molar-refractivity contribution in [1.82, 2.24) is 0 Å². The second-order valence-corrected chi connectivity index (χ2v) is 4.86. The lowest BCUT2D eigenvalue weighted by molar-refractivity contribution is 0.0112. The Kier molecular flexibility index (Phi) is 5.95. The quantitative estimate of drug-likeness (QED) is 0.778. The number of nitrogens with one attached hydrogen (secondary N) is 1. The first-order valence-corrected chi connectivity index (χ1v) is 6.30. The topological polar surface area (TPSA) is 44.7 Å². The molecule has 0 aliphatic rings. The number of anilines is 2. The molecule has 1 atom stereocenters. The molecule has 1 rings (SSSR count). The van der Waals surface area contributed by atoms with Crippen LogP contribution in [-0.2, 0) is 4.74 Å². The molecule has 0 aliphatic heterocycles. The first-order valence-electron chi connectivity index (χ1n) is 6.30. The van der Waals surface area contributed by atoms with Crippen LogP contribution in [-0.4, -0.2) is 44.6 Å². The summed E-state index contributed by atoms with van der Waals surface area (Å²) < 4.78 is 5.36. The van der Waals surface area contributed by atoms with Crippen molar-refractivity contribution in [1.29, 1.82) is 0 Å². The van der Waals surface area contributed by atoms with Gasteiger partial charge < -0.3 is 20.1 Å². The van der Waals surface area contributed by atoms with Crippen LogP contribution < -0.4 is 10.2 Å². The van der Waals surface area contributed by atoms with Gasteiger partial charge in [0.2, 0.25) is 0 Å². The van der Waals surface area contributed by atoms with Crippen LogP contribution in [0.4, 0.5) is 11.4 Å². The van der Waals surface area contributed by atoms with Gasteiger partial charge in [0.25, 0.3) is 0 Å². The van der Waals surface area contributed by atoms with Crippen LogP contribution in [0.2, 0.25) is 0 Å². The van der Waals surface area contributed by atoms with E-state index in [4.69, 9.17) is 4.74 Å². The molecule has 0 amide bonds. The van der Waals surface area contributed by atoms with E-state index in [9.17, 15) is 5.11 Å². The molecule has 4 heteroatoms. The average molecular weight is 252 g/mol. The van der Waals surface area contributed by atoms with Gasteiger partial charge in [-0.15, -0.1) is 0 Å². The highest BCUT2D eigenvalue weighted by atomic mass is 16.5. The zero-order chi connectivity index (χ0) is 13.5. The van der Waals surface area contributed by atoms with Crippen LogP contribution in [0, 0.1) is 0 Å². The molecule has 2 N–H and O–H groups in total. The summed E-state index contributed by atoms with van der Waals surface area (Å²) in [5, 5.41) is 12.9. The lowest BCUT2D eigenvalue weighted by Gasteiger charge is -2.17. The van der Waals surface area contributed by atoms with E-state index in [1.807, 2.05) is 51.0 Å². The van der Waals surface area contributed by atoms with Gasteiger partial charge in [0.1, 0.15) is 0 Å². The van der Waals surface area contributed by atoms with E-state index in [1.54, 1.807) is 0 Å². The molecule has 0 heterocycles. The van der Waals surface area contributed by atoms with E-state index in [0.717, 1.165) is 11.4 Å². The SMILES string of the molecule is CC(C)OCC(O)CNc1cccc(N(C)C)c1. The van der Waals surface area contributed by atoms with Crippen LogP contribution in [0.15, 0.2) is 24.3 Å². The Morgan fingerprint density at radius 3 is 2.67 bits per heavy atom. The molecule has 0 saturated heterocycles. The summed E-state index contributed by atoms with van der Waals surface area (Å²) in [4.78, 5) is 2.05. The van der Waals surface area contributed by atoms with Crippen LogP contribution in [0.1, 0.15) is 13.8 Å². The third-order valence-corrected chi connectivity index (χ3v) is 2.53. The minimum atomic E-state index is -0.490. The Morgan fingerprint density at radius 2 is 2.06 bits per heavy atom.